The van der Waals surface area contributed by atoms with Gasteiger partial charge in [-0.25, -0.2) is 0 Å². The summed E-state index contributed by atoms with van der Waals surface area (Å²) in [5.41, 5.74) is -2.61. The lowest BCUT2D eigenvalue weighted by Gasteiger charge is -2.60. The number of aliphatic hydroxyl groups excluding tert-OH is 1. The van der Waals surface area contributed by atoms with Crippen LogP contribution in [0.2, 0.25) is 0 Å². The van der Waals surface area contributed by atoms with Crippen molar-refractivity contribution in [2.45, 2.75) is 31.3 Å². The number of thioether (sulfide) groups is 1. The largest absolute Gasteiger partial charge is 0.396 e. The zero-order valence-corrected chi connectivity index (χ0v) is 10.7. The predicted molar refractivity (Wildman–Crippen MR) is 64.6 cm³/mol. The second-order valence-corrected chi connectivity index (χ2v) is 6.85. The monoisotopic (exact) mass is 266 g/mol. The Kier molecular flexibility index (Phi) is 3.72. The molecule has 0 aromatic carbocycles. The van der Waals surface area contributed by atoms with Gasteiger partial charge >= 0.3 is 0 Å². The Morgan fingerprint density at radius 1 is 1.18 bits per heavy atom. The molecule has 0 aromatic rings. The van der Waals surface area contributed by atoms with Crippen molar-refractivity contribution in [3.05, 3.63) is 0 Å². The van der Waals surface area contributed by atoms with Gasteiger partial charge in [0.2, 0.25) is 0 Å². The minimum absolute atomic E-state index is 0.0921. The number of hydrogen-bond donors (Lipinski definition) is 2. The van der Waals surface area contributed by atoms with Crippen molar-refractivity contribution < 1.29 is 19.0 Å². The number of alkyl halides is 2. The summed E-state index contributed by atoms with van der Waals surface area (Å²) in [7, 11) is 0. The van der Waals surface area contributed by atoms with Crippen LogP contribution in [0.5, 0.6) is 0 Å². The zero-order chi connectivity index (χ0) is 12.6. The average molecular weight is 266 g/mol. The van der Waals surface area contributed by atoms with Crippen LogP contribution in [0.15, 0.2) is 0 Å². The Morgan fingerprint density at radius 2 is 1.82 bits per heavy atom. The van der Waals surface area contributed by atoms with Gasteiger partial charge in [0.05, 0.1) is 25.6 Å². The van der Waals surface area contributed by atoms with Crippen molar-refractivity contribution in [1.82, 2.24) is 0 Å². The summed E-state index contributed by atoms with van der Waals surface area (Å²) in [6.07, 6.45) is 2.00. The molecular formula is C12H20F2O2S. The van der Waals surface area contributed by atoms with E-state index >= 15 is 0 Å². The Bertz CT molecular complexity index is 268. The maximum Gasteiger partial charge on any atom is 0.0977 e. The maximum absolute atomic E-state index is 12.8. The van der Waals surface area contributed by atoms with Gasteiger partial charge in [0, 0.05) is 16.6 Å². The third-order valence-corrected chi connectivity index (χ3v) is 5.85. The molecule has 1 heterocycles. The highest BCUT2D eigenvalue weighted by Crippen LogP contribution is 2.59. The molecule has 1 saturated heterocycles. The molecule has 0 bridgehead atoms. The normalized spacial score (nSPS) is 35.3. The molecule has 1 unspecified atom stereocenters. The maximum atomic E-state index is 12.8. The first kappa shape index (κ1) is 13.6. The minimum atomic E-state index is -1.08. The van der Waals surface area contributed by atoms with Crippen molar-refractivity contribution in [3.63, 3.8) is 0 Å². The van der Waals surface area contributed by atoms with Crippen LogP contribution in [-0.2, 0) is 0 Å². The third kappa shape index (κ3) is 2.00. The molecule has 100 valence electrons. The highest BCUT2D eigenvalue weighted by molar-refractivity contribution is 7.99. The van der Waals surface area contributed by atoms with Crippen LogP contribution in [-0.4, -0.2) is 47.3 Å². The highest BCUT2D eigenvalue weighted by atomic mass is 32.2. The van der Waals surface area contributed by atoms with Gasteiger partial charge in [0.15, 0.2) is 0 Å². The Hall–Kier alpha value is 0.130. The topological polar surface area (TPSA) is 40.5 Å². The van der Waals surface area contributed by atoms with E-state index in [9.17, 15) is 19.0 Å². The van der Waals surface area contributed by atoms with E-state index in [-0.39, 0.29) is 19.4 Å². The van der Waals surface area contributed by atoms with Crippen molar-refractivity contribution in [1.29, 1.82) is 0 Å². The fraction of sp³-hybridized carbons (Fsp3) is 1.00. The molecule has 5 heteroatoms. The second-order valence-electron chi connectivity index (χ2n) is 5.75. The van der Waals surface area contributed by atoms with Crippen LogP contribution in [0.1, 0.15) is 25.7 Å². The fourth-order valence-corrected chi connectivity index (χ4v) is 4.67. The molecular weight excluding hydrogens is 246 g/mol. The first-order chi connectivity index (χ1) is 8.05. The lowest BCUT2D eigenvalue weighted by molar-refractivity contribution is -0.220. The smallest absolute Gasteiger partial charge is 0.0977 e. The molecule has 2 rings (SSSR count). The number of halogens is 2. The highest BCUT2D eigenvalue weighted by Gasteiger charge is 2.63. The van der Waals surface area contributed by atoms with Crippen LogP contribution in [0.3, 0.4) is 0 Å². The molecule has 1 atom stereocenters. The number of rotatable bonds is 4. The molecule has 1 saturated carbocycles. The van der Waals surface area contributed by atoms with Crippen LogP contribution in [0.4, 0.5) is 8.78 Å². The van der Waals surface area contributed by atoms with Crippen molar-refractivity contribution in [3.8, 4) is 0 Å². The van der Waals surface area contributed by atoms with Crippen LogP contribution in [0, 0.1) is 10.8 Å². The molecule has 1 aliphatic heterocycles. The Morgan fingerprint density at radius 3 is 2.24 bits per heavy atom. The summed E-state index contributed by atoms with van der Waals surface area (Å²) < 4.78 is 25.6. The lowest BCUT2D eigenvalue weighted by atomic mass is 9.50. The van der Waals surface area contributed by atoms with Gasteiger partial charge in [-0.2, -0.15) is 11.8 Å². The van der Waals surface area contributed by atoms with Crippen LogP contribution < -0.4 is 0 Å². The molecule has 0 aromatic heterocycles. The minimum Gasteiger partial charge on any atom is -0.396 e. The summed E-state index contributed by atoms with van der Waals surface area (Å²) >= 11 is 1.71. The van der Waals surface area contributed by atoms with Crippen LogP contribution >= 0.6 is 11.8 Å². The Balaban J connectivity index is 2.11. The first-order valence-corrected chi connectivity index (χ1v) is 7.24. The standard InChI is InChI=1S/C12H20F2O2S/c13-6-10(7-14)4-12(16,5-10)11(8-15)2-1-3-17-9-11/h15-16H,1-9H2. The molecule has 0 amide bonds. The molecule has 2 N–H and O–H groups in total. The number of hydrogen-bond acceptors (Lipinski definition) is 3. The van der Waals surface area contributed by atoms with E-state index < -0.39 is 29.8 Å². The summed E-state index contributed by atoms with van der Waals surface area (Å²) in [6, 6.07) is 0. The first-order valence-electron chi connectivity index (χ1n) is 6.08. The van der Waals surface area contributed by atoms with Gasteiger partial charge in [-0.3, -0.25) is 8.78 Å². The average Bonchev–Trinajstić information content (AvgIpc) is 2.35. The van der Waals surface area contributed by atoms with E-state index in [0.717, 1.165) is 18.6 Å². The molecule has 17 heavy (non-hydrogen) atoms. The molecule has 0 radical (unpaired) electrons. The quantitative estimate of drug-likeness (QED) is 0.817. The lowest BCUT2D eigenvalue weighted by Crippen LogP contribution is -2.65. The molecule has 2 aliphatic rings. The van der Waals surface area contributed by atoms with Gasteiger partial charge in [-0.1, -0.05) is 0 Å². The van der Waals surface area contributed by atoms with Gasteiger partial charge in [0.25, 0.3) is 0 Å². The van der Waals surface area contributed by atoms with E-state index in [1.54, 1.807) is 11.8 Å². The molecule has 2 nitrogen and oxygen atoms in total. The van der Waals surface area contributed by atoms with Gasteiger partial charge in [0.1, 0.15) is 0 Å². The Labute approximate surface area is 105 Å². The number of aliphatic hydroxyl groups is 2. The van der Waals surface area contributed by atoms with Crippen LogP contribution in [0.25, 0.3) is 0 Å². The van der Waals surface area contributed by atoms with Crippen molar-refractivity contribution >= 4 is 11.8 Å². The summed E-state index contributed by atoms with van der Waals surface area (Å²) in [5, 5.41) is 20.2. The van der Waals surface area contributed by atoms with Gasteiger partial charge in [-0.05, 0) is 31.4 Å². The summed E-state index contributed by atoms with van der Waals surface area (Å²) in [6.45, 7) is -1.54. The van der Waals surface area contributed by atoms with Crippen molar-refractivity contribution in [2.24, 2.45) is 10.8 Å². The fourth-order valence-electron chi connectivity index (χ4n) is 3.28. The van der Waals surface area contributed by atoms with E-state index in [1.165, 1.54) is 0 Å². The van der Waals surface area contributed by atoms with Gasteiger partial charge in [-0.15, -0.1) is 0 Å². The molecule has 0 spiro atoms. The van der Waals surface area contributed by atoms with E-state index in [2.05, 4.69) is 0 Å². The third-order valence-electron chi connectivity index (χ3n) is 4.51. The predicted octanol–water partition coefficient (Wildman–Crippen LogP) is 1.94. The van der Waals surface area contributed by atoms with E-state index in [0.29, 0.717) is 5.75 Å². The van der Waals surface area contributed by atoms with Gasteiger partial charge < -0.3 is 10.2 Å². The molecule has 1 aliphatic carbocycles. The van der Waals surface area contributed by atoms with Crippen molar-refractivity contribution in [2.75, 3.05) is 31.5 Å². The summed E-state index contributed by atoms with van der Waals surface area (Å²) in [5.74, 6) is 1.73. The SMILES string of the molecule is OCC1(C2(O)CC(CF)(CF)C2)CCCSC1. The second kappa shape index (κ2) is 4.67. The van der Waals surface area contributed by atoms with E-state index in [4.69, 9.17) is 0 Å². The molecule has 2 fully saturated rings. The zero-order valence-electron chi connectivity index (χ0n) is 9.92. The van der Waals surface area contributed by atoms with E-state index in [1.807, 2.05) is 0 Å². The summed E-state index contributed by atoms with van der Waals surface area (Å²) in [4.78, 5) is 0.